The Morgan fingerprint density at radius 1 is 0.952 bits per heavy atom. The van der Waals surface area contributed by atoms with Gasteiger partial charge in [0.05, 0.1) is 0 Å². The van der Waals surface area contributed by atoms with Crippen molar-refractivity contribution in [1.29, 1.82) is 0 Å². The lowest BCUT2D eigenvalue weighted by Gasteiger charge is -2.33. The summed E-state index contributed by atoms with van der Waals surface area (Å²) in [5.41, 5.74) is 2.70. The summed E-state index contributed by atoms with van der Waals surface area (Å²) in [4.78, 5) is 0. The molecule has 0 saturated heterocycles. The maximum absolute atomic E-state index is 9.38. The largest absolute Gasteiger partial charge is 0.508 e. The van der Waals surface area contributed by atoms with Crippen LogP contribution in [0.2, 0.25) is 0 Å². The van der Waals surface area contributed by atoms with Crippen LogP contribution in [0, 0.1) is 5.92 Å². The van der Waals surface area contributed by atoms with Crippen molar-refractivity contribution in [3.8, 4) is 5.75 Å². The van der Waals surface area contributed by atoms with Gasteiger partial charge in [-0.15, -0.1) is 11.6 Å². The molecule has 1 aliphatic carbocycles. The number of hydrogen-bond donors (Lipinski definition) is 1. The highest BCUT2D eigenvalue weighted by atomic mass is 35.5. The van der Waals surface area contributed by atoms with Crippen molar-refractivity contribution in [3.05, 3.63) is 65.7 Å². The predicted octanol–water partition coefficient (Wildman–Crippen LogP) is 5.13. The molecule has 110 valence electrons. The van der Waals surface area contributed by atoms with Crippen LogP contribution in [-0.2, 0) is 6.42 Å². The number of benzene rings is 2. The molecule has 2 aromatic carbocycles. The van der Waals surface area contributed by atoms with Crippen LogP contribution in [0.3, 0.4) is 0 Å². The number of phenols is 1. The topological polar surface area (TPSA) is 20.2 Å². The Morgan fingerprint density at radius 2 is 1.67 bits per heavy atom. The van der Waals surface area contributed by atoms with E-state index >= 15 is 0 Å². The van der Waals surface area contributed by atoms with Crippen LogP contribution in [0.4, 0.5) is 0 Å². The van der Waals surface area contributed by atoms with E-state index in [1.165, 1.54) is 17.5 Å². The molecule has 2 heteroatoms. The van der Waals surface area contributed by atoms with E-state index in [4.69, 9.17) is 11.6 Å². The average Bonchev–Trinajstić information content (AvgIpc) is 2.52. The summed E-state index contributed by atoms with van der Waals surface area (Å²) in [6.45, 7) is 0. The zero-order valence-electron chi connectivity index (χ0n) is 12.1. The summed E-state index contributed by atoms with van der Waals surface area (Å²) in [5, 5.41) is 9.64. The minimum absolute atomic E-state index is 0.263. The van der Waals surface area contributed by atoms with Crippen molar-refractivity contribution >= 4 is 11.6 Å². The Hall–Kier alpha value is -1.47. The van der Waals surface area contributed by atoms with Crippen molar-refractivity contribution in [2.24, 2.45) is 5.92 Å². The molecule has 0 radical (unpaired) electrons. The van der Waals surface area contributed by atoms with Gasteiger partial charge in [-0.1, -0.05) is 42.5 Å². The summed E-state index contributed by atoms with van der Waals surface area (Å²) in [6.07, 6.45) is 4.42. The second-order valence-corrected chi connectivity index (χ2v) is 6.63. The van der Waals surface area contributed by atoms with Gasteiger partial charge in [-0.2, -0.15) is 0 Å². The lowest BCUT2D eigenvalue weighted by atomic mass is 9.75. The van der Waals surface area contributed by atoms with Crippen molar-refractivity contribution in [1.82, 2.24) is 0 Å². The fraction of sp³-hybridized carbons (Fsp3) is 0.368. The van der Waals surface area contributed by atoms with Gasteiger partial charge in [0.1, 0.15) is 5.75 Å². The molecule has 1 nitrogen and oxygen atoms in total. The van der Waals surface area contributed by atoms with Crippen LogP contribution < -0.4 is 0 Å². The van der Waals surface area contributed by atoms with Crippen LogP contribution in [0.15, 0.2) is 54.6 Å². The molecule has 3 unspecified atom stereocenters. The highest BCUT2D eigenvalue weighted by molar-refractivity contribution is 6.20. The van der Waals surface area contributed by atoms with Gasteiger partial charge in [-0.05, 0) is 60.8 Å². The second-order valence-electron chi connectivity index (χ2n) is 6.07. The molecule has 0 bridgehead atoms. The molecular formula is C19H21ClO. The van der Waals surface area contributed by atoms with E-state index in [9.17, 15) is 5.11 Å². The Bertz CT molecular complexity index is 564. The molecule has 1 fully saturated rings. The lowest BCUT2D eigenvalue weighted by molar-refractivity contribution is 0.326. The highest BCUT2D eigenvalue weighted by Crippen LogP contribution is 2.40. The molecule has 0 aliphatic heterocycles. The molecule has 3 rings (SSSR count). The van der Waals surface area contributed by atoms with Gasteiger partial charge in [0.2, 0.25) is 0 Å². The third kappa shape index (κ3) is 3.59. The quantitative estimate of drug-likeness (QED) is 0.779. The van der Waals surface area contributed by atoms with E-state index in [1.807, 2.05) is 12.1 Å². The first kappa shape index (κ1) is 14.5. The number of alkyl halides is 1. The first-order valence-electron chi connectivity index (χ1n) is 7.69. The first-order valence-corrected chi connectivity index (χ1v) is 8.13. The van der Waals surface area contributed by atoms with E-state index in [2.05, 4.69) is 30.3 Å². The van der Waals surface area contributed by atoms with Gasteiger partial charge >= 0.3 is 0 Å². The molecule has 1 aliphatic rings. The zero-order chi connectivity index (χ0) is 14.7. The standard InChI is InChI=1S/C19H21ClO/c20-19-11-8-16(15-4-2-1-3-5-15)13-17(19)12-14-6-9-18(21)10-7-14/h1-7,9-10,16-17,19,21H,8,11-13H2. The van der Waals surface area contributed by atoms with Crippen LogP contribution in [0.1, 0.15) is 36.3 Å². The molecule has 0 spiro atoms. The Balaban J connectivity index is 1.70. The summed E-state index contributed by atoms with van der Waals surface area (Å²) in [6, 6.07) is 18.3. The second kappa shape index (κ2) is 6.53. The third-order valence-electron chi connectivity index (χ3n) is 4.59. The number of phenolic OH excluding ortho intramolecular Hbond substituents is 1. The molecule has 0 amide bonds. The van der Waals surface area contributed by atoms with E-state index in [-0.39, 0.29) is 5.38 Å². The number of hydrogen-bond acceptors (Lipinski definition) is 1. The summed E-state index contributed by atoms with van der Waals surface area (Å²) >= 11 is 6.57. The molecule has 0 heterocycles. The maximum Gasteiger partial charge on any atom is 0.115 e. The Labute approximate surface area is 131 Å². The molecular weight excluding hydrogens is 280 g/mol. The Kier molecular flexibility index (Phi) is 4.50. The average molecular weight is 301 g/mol. The van der Waals surface area contributed by atoms with E-state index < -0.39 is 0 Å². The fourth-order valence-electron chi connectivity index (χ4n) is 3.40. The summed E-state index contributed by atoms with van der Waals surface area (Å²) in [7, 11) is 0. The molecule has 1 N–H and O–H groups in total. The number of halogens is 1. The van der Waals surface area contributed by atoms with Gasteiger partial charge in [-0.3, -0.25) is 0 Å². The monoisotopic (exact) mass is 300 g/mol. The summed E-state index contributed by atoms with van der Waals surface area (Å²) < 4.78 is 0. The number of rotatable bonds is 3. The minimum atomic E-state index is 0.263. The minimum Gasteiger partial charge on any atom is -0.508 e. The van der Waals surface area contributed by atoms with Crippen LogP contribution in [0.25, 0.3) is 0 Å². The summed E-state index contributed by atoms with van der Waals surface area (Å²) in [5.74, 6) is 1.46. The predicted molar refractivity (Wildman–Crippen MR) is 88.0 cm³/mol. The van der Waals surface area contributed by atoms with Crippen molar-refractivity contribution in [2.45, 2.75) is 37.0 Å². The van der Waals surface area contributed by atoms with Crippen molar-refractivity contribution in [3.63, 3.8) is 0 Å². The van der Waals surface area contributed by atoms with E-state index in [1.54, 1.807) is 12.1 Å². The zero-order valence-corrected chi connectivity index (χ0v) is 12.8. The maximum atomic E-state index is 9.38. The van der Waals surface area contributed by atoms with Crippen LogP contribution in [-0.4, -0.2) is 10.5 Å². The molecule has 3 atom stereocenters. The van der Waals surface area contributed by atoms with E-state index in [0.717, 1.165) is 19.3 Å². The van der Waals surface area contributed by atoms with Gasteiger partial charge in [-0.25, -0.2) is 0 Å². The first-order chi connectivity index (χ1) is 10.2. The normalized spacial score (nSPS) is 25.7. The highest BCUT2D eigenvalue weighted by Gasteiger charge is 2.29. The van der Waals surface area contributed by atoms with Crippen molar-refractivity contribution < 1.29 is 5.11 Å². The lowest BCUT2D eigenvalue weighted by Crippen LogP contribution is -2.26. The third-order valence-corrected chi connectivity index (χ3v) is 5.17. The smallest absolute Gasteiger partial charge is 0.115 e. The number of aromatic hydroxyl groups is 1. The SMILES string of the molecule is Oc1ccc(CC2CC(c3ccccc3)CCC2Cl)cc1. The van der Waals surface area contributed by atoms with Crippen LogP contribution >= 0.6 is 11.6 Å². The fourth-order valence-corrected chi connectivity index (χ4v) is 3.72. The van der Waals surface area contributed by atoms with Gasteiger partial charge in [0, 0.05) is 5.38 Å². The van der Waals surface area contributed by atoms with Gasteiger partial charge < -0.3 is 5.11 Å². The van der Waals surface area contributed by atoms with Gasteiger partial charge in [0.25, 0.3) is 0 Å². The van der Waals surface area contributed by atoms with Crippen molar-refractivity contribution in [2.75, 3.05) is 0 Å². The van der Waals surface area contributed by atoms with Crippen LogP contribution in [0.5, 0.6) is 5.75 Å². The molecule has 2 aromatic rings. The Morgan fingerprint density at radius 3 is 2.38 bits per heavy atom. The van der Waals surface area contributed by atoms with Gasteiger partial charge in [0.15, 0.2) is 0 Å². The van der Waals surface area contributed by atoms with E-state index in [0.29, 0.717) is 17.6 Å². The molecule has 21 heavy (non-hydrogen) atoms. The molecule has 1 saturated carbocycles. The molecule has 0 aromatic heterocycles.